The first-order chi connectivity index (χ1) is 10.5. The van der Waals surface area contributed by atoms with E-state index in [1.165, 1.54) is 11.1 Å². The molecule has 5 heteroatoms. The Bertz CT molecular complexity index is 552. The van der Waals surface area contributed by atoms with Gasteiger partial charge in [-0.15, -0.1) is 0 Å². The van der Waals surface area contributed by atoms with Crippen molar-refractivity contribution in [3.8, 4) is 0 Å². The summed E-state index contributed by atoms with van der Waals surface area (Å²) < 4.78 is 5.09. The molecule has 0 spiro atoms. The zero-order chi connectivity index (χ0) is 16.1. The van der Waals surface area contributed by atoms with Crippen LogP contribution in [-0.2, 0) is 9.53 Å². The first kappa shape index (κ1) is 16.7. The molecule has 22 heavy (non-hydrogen) atoms. The predicted molar refractivity (Wildman–Crippen MR) is 93.1 cm³/mol. The highest BCUT2D eigenvalue weighted by molar-refractivity contribution is 7.80. The number of hydrogen-bond acceptors (Lipinski definition) is 3. The van der Waals surface area contributed by atoms with E-state index >= 15 is 0 Å². The zero-order valence-electron chi connectivity index (χ0n) is 13.5. The maximum absolute atomic E-state index is 11.8. The number of piperidine rings is 1. The molecule has 0 radical (unpaired) electrons. The maximum atomic E-state index is 11.8. The van der Waals surface area contributed by atoms with Crippen LogP contribution in [0.15, 0.2) is 18.2 Å². The van der Waals surface area contributed by atoms with Gasteiger partial charge in [0.25, 0.3) is 0 Å². The van der Waals surface area contributed by atoms with Crippen LogP contribution in [0.4, 0.5) is 5.69 Å². The van der Waals surface area contributed by atoms with Crippen LogP contribution in [0, 0.1) is 19.8 Å². The number of carbonyl (C=O) groups is 1. The number of thiocarbonyl (C=S) groups is 1. The lowest BCUT2D eigenvalue weighted by Crippen LogP contribution is -2.42. The van der Waals surface area contributed by atoms with Crippen molar-refractivity contribution in [2.45, 2.75) is 33.6 Å². The average molecular weight is 320 g/mol. The Labute approximate surface area is 137 Å². The quantitative estimate of drug-likeness (QED) is 0.684. The lowest BCUT2D eigenvalue weighted by atomic mass is 9.97. The number of benzene rings is 1. The maximum Gasteiger partial charge on any atom is 0.309 e. The smallest absolute Gasteiger partial charge is 0.309 e. The number of hydrogen-bond donors (Lipinski definition) is 1. The summed E-state index contributed by atoms with van der Waals surface area (Å²) in [5, 5.41) is 4.05. The fraction of sp³-hybridized carbons (Fsp3) is 0.529. The van der Waals surface area contributed by atoms with Gasteiger partial charge in [0.15, 0.2) is 5.11 Å². The van der Waals surface area contributed by atoms with E-state index in [1.54, 1.807) is 0 Å². The van der Waals surface area contributed by atoms with Gasteiger partial charge in [-0.05, 0) is 57.5 Å². The minimum Gasteiger partial charge on any atom is -0.466 e. The molecule has 1 aliphatic heterocycles. The molecule has 120 valence electrons. The molecule has 0 bridgehead atoms. The van der Waals surface area contributed by atoms with Crippen molar-refractivity contribution in [1.82, 2.24) is 4.90 Å². The third-order valence-corrected chi connectivity index (χ3v) is 4.39. The lowest BCUT2D eigenvalue weighted by Gasteiger charge is -2.33. The number of esters is 1. The average Bonchev–Trinajstić information content (AvgIpc) is 2.50. The number of rotatable bonds is 3. The molecule has 4 nitrogen and oxygen atoms in total. The van der Waals surface area contributed by atoms with Gasteiger partial charge in [-0.3, -0.25) is 4.79 Å². The number of nitrogens with zero attached hydrogens (tertiary/aromatic N) is 1. The van der Waals surface area contributed by atoms with Gasteiger partial charge in [0, 0.05) is 18.8 Å². The van der Waals surface area contributed by atoms with Crippen LogP contribution in [0.5, 0.6) is 0 Å². The third kappa shape index (κ3) is 4.19. The van der Waals surface area contributed by atoms with Crippen LogP contribution in [0.25, 0.3) is 0 Å². The molecule has 1 heterocycles. The Morgan fingerprint density at radius 2 is 2.05 bits per heavy atom. The molecule has 0 atom stereocenters. The number of likely N-dealkylation sites (tertiary alicyclic amines) is 1. The van der Waals surface area contributed by atoms with Crippen LogP contribution in [0.2, 0.25) is 0 Å². The summed E-state index contributed by atoms with van der Waals surface area (Å²) >= 11 is 5.50. The normalized spacial score (nSPS) is 15.5. The van der Waals surface area contributed by atoms with E-state index in [-0.39, 0.29) is 11.9 Å². The van der Waals surface area contributed by atoms with E-state index in [0.717, 1.165) is 36.7 Å². The van der Waals surface area contributed by atoms with Gasteiger partial charge in [-0.1, -0.05) is 17.7 Å². The van der Waals surface area contributed by atoms with E-state index in [4.69, 9.17) is 17.0 Å². The van der Waals surface area contributed by atoms with Gasteiger partial charge in [0.05, 0.1) is 12.5 Å². The minimum atomic E-state index is -0.0737. The predicted octanol–water partition coefficient (Wildman–Crippen LogP) is 3.28. The van der Waals surface area contributed by atoms with Crippen molar-refractivity contribution < 1.29 is 9.53 Å². The minimum absolute atomic E-state index is 0.0140. The van der Waals surface area contributed by atoms with E-state index < -0.39 is 0 Å². The Morgan fingerprint density at radius 1 is 1.36 bits per heavy atom. The molecule has 0 unspecified atom stereocenters. The highest BCUT2D eigenvalue weighted by Crippen LogP contribution is 2.21. The second-order valence-electron chi connectivity index (χ2n) is 5.76. The van der Waals surface area contributed by atoms with Crippen LogP contribution >= 0.6 is 12.2 Å². The Morgan fingerprint density at radius 3 is 2.64 bits per heavy atom. The van der Waals surface area contributed by atoms with E-state index in [9.17, 15) is 4.79 Å². The molecule has 2 rings (SSSR count). The topological polar surface area (TPSA) is 41.6 Å². The van der Waals surface area contributed by atoms with Crippen LogP contribution in [0.1, 0.15) is 30.9 Å². The molecule has 0 amide bonds. The van der Waals surface area contributed by atoms with Gasteiger partial charge in [0.1, 0.15) is 0 Å². The van der Waals surface area contributed by atoms with Crippen molar-refractivity contribution in [3.63, 3.8) is 0 Å². The van der Waals surface area contributed by atoms with Crippen LogP contribution in [0.3, 0.4) is 0 Å². The van der Waals surface area contributed by atoms with Gasteiger partial charge < -0.3 is 15.0 Å². The second-order valence-corrected chi connectivity index (χ2v) is 6.15. The summed E-state index contributed by atoms with van der Waals surface area (Å²) in [6, 6.07) is 6.27. The highest BCUT2D eigenvalue weighted by atomic mass is 32.1. The standard InChI is InChI=1S/C17H24N2O2S/c1-4-21-16(20)14-7-9-19(10-8-14)17(22)18-15-6-5-12(2)11-13(15)3/h5-6,11,14H,4,7-10H2,1-3H3,(H,18,22). The number of carbonyl (C=O) groups excluding carboxylic acids is 1. The number of aryl methyl sites for hydroxylation is 2. The monoisotopic (exact) mass is 320 g/mol. The SMILES string of the molecule is CCOC(=O)C1CCN(C(=S)Nc2ccc(C)cc2C)CC1. The Kier molecular flexibility index (Phi) is 5.77. The first-order valence-electron chi connectivity index (χ1n) is 7.81. The van der Waals surface area contributed by atoms with Crippen molar-refractivity contribution in [2.75, 3.05) is 25.0 Å². The molecular weight excluding hydrogens is 296 g/mol. The fourth-order valence-electron chi connectivity index (χ4n) is 2.73. The van der Waals surface area contributed by atoms with Crippen LogP contribution in [-0.4, -0.2) is 35.7 Å². The molecule has 1 N–H and O–H groups in total. The molecule has 1 fully saturated rings. The molecule has 0 saturated carbocycles. The van der Waals surface area contributed by atoms with Crippen molar-refractivity contribution in [1.29, 1.82) is 0 Å². The second kappa shape index (κ2) is 7.58. The van der Waals surface area contributed by atoms with Crippen molar-refractivity contribution >= 4 is 29.0 Å². The number of anilines is 1. The summed E-state index contributed by atoms with van der Waals surface area (Å²) in [6.45, 7) is 8.03. The molecular formula is C17H24N2O2S. The van der Waals surface area contributed by atoms with Gasteiger partial charge in [0.2, 0.25) is 0 Å². The molecule has 1 aliphatic rings. The largest absolute Gasteiger partial charge is 0.466 e. The summed E-state index contributed by atoms with van der Waals surface area (Å²) in [4.78, 5) is 13.9. The summed E-state index contributed by atoms with van der Waals surface area (Å²) in [7, 11) is 0. The van der Waals surface area contributed by atoms with Crippen molar-refractivity contribution in [3.05, 3.63) is 29.3 Å². The molecule has 1 aromatic carbocycles. The Hall–Kier alpha value is -1.62. The van der Waals surface area contributed by atoms with E-state index in [1.807, 2.05) is 6.92 Å². The van der Waals surface area contributed by atoms with E-state index in [0.29, 0.717) is 6.61 Å². The molecule has 0 aliphatic carbocycles. The molecule has 0 aromatic heterocycles. The number of nitrogens with one attached hydrogen (secondary N) is 1. The fourth-order valence-corrected chi connectivity index (χ4v) is 3.02. The summed E-state index contributed by atoms with van der Waals surface area (Å²) in [5.74, 6) is -0.0597. The molecule has 1 aromatic rings. The van der Waals surface area contributed by atoms with Gasteiger partial charge in [-0.2, -0.15) is 0 Å². The first-order valence-corrected chi connectivity index (χ1v) is 8.22. The van der Waals surface area contributed by atoms with Gasteiger partial charge in [-0.25, -0.2) is 0 Å². The lowest BCUT2D eigenvalue weighted by molar-refractivity contribution is -0.149. The number of ether oxygens (including phenoxy) is 1. The zero-order valence-corrected chi connectivity index (χ0v) is 14.3. The van der Waals surface area contributed by atoms with E-state index in [2.05, 4.69) is 42.3 Å². The Balaban J connectivity index is 1.88. The summed E-state index contributed by atoms with van der Waals surface area (Å²) in [5.41, 5.74) is 3.47. The van der Waals surface area contributed by atoms with Crippen LogP contribution < -0.4 is 5.32 Å². The highest BCUT2D eigenvalue weighted by Gasteiger charge is 2.27. The summed E-state index contributed by atoms with van der Waals surface area (Å²) in [6.07, 6.45) is 1.60. The van der Waals surface area contributed by atoms with Gasteiger partial charge >= 0.3 is 5.97 Å². The molecule has 1 saturated heterocycles. The third-order valence-electron chi connectivity index (χ3n) is 4.03. The van der Waals surface area contributed by atoms with Crippen molar-refractivity contribution in [2.24, 2.45) is 5.92 Å².